The number of hydrogen-bond acceptors (Lipinski definition) is 7. The van der Waals surface area contributed by atoms with Crippen molar-refractivity contribution < 1.29 is 32.2 Å². The highest BCUT2D eigenvalue weighted by atomic mass is 32.2. The Balaban J connectivity index is 1.64. The quantitative estimate of drug-likeness (QED) is 0.582. The van der Waals surface area contributed by atoms with Gasteiger partial charge in [-0.3, -0.25) is 9.59 Å². The van der Waals surface area contributed by atoms with Gasteiger partial charge in [-0.25, -0.2) is 8.42 Å². The van der Waals surface area contributed by atoms with Crippen LogP contribution in [0.5, 0.6) is 17.2 Å². The smallest absolute Gasteiger partial charge is 0.243 e. The van der Waals surface area contributed by atoms with Gasteiger partial charge in [0.2, 0.25) is 27.6 Å². The lowest BCUT2D eigenvalue weighted by Gasteiger charge is -2.30. The SMILES string of the molecule is COc1cc(NC(=O)C2CCN(S(=O)(=O)c3ccc(NC(C)=O)cc3)CC2)cc(OC)c1OC. The van der Waals surface area contributed by atoms with Crippen LogP contribution in [-0.4, -0.2) is 59.0 Å². The fourth-order valence-electron chi connectivity index (χ4n) is 3.82. The number of anilines is 2. The molecule has 10 nitrogen and oxygen atoms in total. The summed E-state index contributed by atoms with van der Waals surface area (Å²) in [4.78, 5) is 24.1. The molecule has 1 aliphatic heterocycles. The van der Waals surface area contributed by atoms with Gasteiger partial charge in [-0.15, -0.1) is 0 Å². The molecule has 34 heavy (non-hydrogen) atoms. The number of carbonyl (C=O) groups excluding carboxylic acids is 2. The first-order chi connectivity index (χ1) is 16.2. The van der Waals surface area contributed by atoms with Crippen LogP contribution in [0.25, 0.3) is 0 Å². The number of benzene rings is 2. The number of rotatable bonds is 8. The summed E-state index contributed by atoms with van der Waals surface area (Å²) in [5, 5.41) is 5.47. The Morgan fingerprint density at radius 2 is 1.44 bits per heavy atom. The van der Waals surface area contributed by atoms with Gasteiger partial charge in [-0.05, 0) is 37.1 Å². The Labute approximate surface area is 199 Å². The first-order valence-electron chi connectivity index (χ1n) is 10.7. The molecule has 0 radical (unpaired) electrons. The second-order valence-electron chi connectivity index (χ2n) is 7.79. The van der Waals surface area contributed by atoms with E-state index in [1.807, 2.05) is 0 Å². The van der Waals surface area contributed by atoms with Gasteiger partial charge in [-0.2, -0.15) is 4.31 Å². The maximum absolute atomic E-state index is 13.0. The van der Waals surface area contributed by atoms with Gasteiger partial charge in [0, 0.05) is 49.4 Å². The molecule has 0 aliphatic carbocycles. The minimum Gasteiger partial charge on any atom is -0.493 e. The molecule has 0 spiro atoms. The standard InChI is InChI=1S/C23H29N3O7S/c1-15(27)24-17-5-7-19(8-6-17)34(29,30)26-11-9-16(10-12-26)23(28)25-18-13-20(31-2)22(33-4)21(14-18)32-3/h5-8,13-14,16H,9-12H2,1-4H3,(H,24,27)(H,25,28). The second-order valence-corrected chi connectivity index (χ2v) is 9.73. The summed E-state index contributed by atoms with van der Waals surface area (Å²) >= 11 is 0. The number of nitrogens with zero attached hydrogens (tertiary/aromatic N) is 1. The number of piperidine rings is 1. The van der Waals surface area contributed by atoms with E-state index in [-0.39, 0.29) is 35.7 Å². The molecule has 0 bridgehead atoms. The Hall–Kier alpha value is -3.31. The third kappa shape index (κ3) is 5.60. The first kappa shape index (κ1) is 25.3. The number of hydrogen-bond donors (Lipinski definition) is 2. The number of ether oxygens (including phenoxy) is 3. The molecule has 0 unspecified atom stereocenters. The van der Waals surface area contributed by atoms with Crippen molar-refractivity contribution in [3.63, 3.8) is 0 Å². The molecule has 1 heterocycles. The minimum absolute atomic E-state index is 0.141. The Morgan fingerprint density at radius 3 is 1.91 bits per heavy atom. The fraction of sp³-hybridized carbons (Fsp3) is 0.391. The van der Waals surface area contributed by atoms with Crippen LogP contribution in [0.4, 0.5) is 11.4 Å². The lowest BCUT2D eigenvalue weighted by Crippen LogP contribution is -2.41. The molecule has 0 atom stereocenters. The van der Waals surface area contributed by atoms with E-state index in [0.717, 1.165) is 0 Å². The van der Waals surface area contributed by atoms with Crippen LogP contribution in [0.15, 0.2) is 41.3 Å². The lowest BCUT2D eigenvalue weighted by atomic mass is 9.97. The topological polar surface area (TPSA) is 123 Å². The molecule has 2 aromatic carbocycles. The van der Waals surface area contributed by atoms with Crippen molar-refractivity contribution in [3.8, 4) is 17.2 Å². The molecule has 0 saturated carbocycles. The predicted octanol–water partition coefficient (Wildman–Crippen LogP) is 2.71. The molecule has 0 aromatic heterocycles. The van der Waals surface area contributed by atoms with E-state index in [1.54, 1.807) is 24.3 Å². The third-order valence-corrected chi connectivity index (χ3v) is 7.48. The van der Waals surface area contributed by atoms with Crippen LogP contribution >= 0.6 is 0 Å². The number of methoxy groups -OCH3 is 3. The maximum atomic E-state index is 13.0. The van der Waals surface area contributed by atoms with Gasteiger partial charge in [0.05, 0.1) is 26.2 Å². The molecule has 11 heteroatoms. The van der Waals surface area contributed by atoms with Crippen LogP contribution in [0, 0.1) is 5.92 Å². The zero-order valence-corrected chi connectivity index (χ0v) is 20.4. The molecule has 2 N–H and O–H groups in total. The first-order valence-corrected chi connectivity index (χ1v) is 12.1. The number of carbonyl (C=O) groups is 2. The number of amides is 2. The summed E-state index contributed by atoms with van der Waals surface area (Å²) in [6.45, 7) is 1.83. The molecule has 1 saturated heterocycles. The van der Waals surface area contributed by atoms with E-state index in [2.05, 4.69) is 10.6 Å². The van der Waals surface area contributed by atoms with Crippen LogP contribution in [0.3, 0.4) is 0 Å². The molecule has 2 amide bonds. The van der Waals surface area contributed by atoms with Crippen molar-refractivity contribution >= 4 is 33.2 Å². The molecular formula is C23H29N3O7S. The number of nitrogens with one attached hydrogen (secondary N) is 2. The van der Waals surface area contributed by atoms with Crippen molar-refractivity contribution in [2.75, 3.05) is 45.1 Å². The van der Waals surface area contributed by atoms with E-state index in [1.165, 1.54) is 44.7 Å². The van der Waals surface area contributed by atoms with Crippen molar-refractivity contribution in [2.45, 2.75) is 24.7 Å². The van der Waals surface area contributed by atoms with Gasteiger partial charge < -0.3 is 24.8 Å². The highest BCUT2D eigenvalue weighted by molar-refractivity contribution is 7.89. The average molecular weight is 492 g/mol. The van der Waals surface area contributed by atoms with Gasteiger partial charge in [-0.1, -0.05) is 0 Å². The van der Waals surface area contributed by atoms with E-state index < -0.39 is 10.0 Å². The van der Waals surface area contributed by atoms with Crippen molar-refractivity contribution in [3.05, 3.63) is 36.4 Å². The van der Waals surface area contributed by atoms with Crippen LogP contribution in [0.1, 0.15) is 19.8 Å². The van der Waals surface area contributed by atoms with E-state index in [0.29, 0.717) is 41.5 Å². The molecule has 3 rings (SSSR count). The van der Waals surface area contributed by atoms with Crippen molar-refractivity contribution in [2.24, 2.45) is 5.92 Å². The van der Waals surface area contributed by atoms with Gasteiger partial charge in [0.15, 0.2) is 11.5 Å². The molecule has 184 valence electrons. The lowest BCUT2D eigenvalue weighted by molar-refractivity contribution is -0.121. The molecule has 2 aromatic rings. The summed E-state index contributed by atoms with van der Waals surface area (Å²) in [7, 11) is 0.784. The summed E-state index contributed by atoms with van der Waals surface area (Å²) in [6, 6.07) is 9.30. The Bertz CT molecular complexity index is 1120. The number of sulfonamides is 1. The molecule has 1 fully saturated rings. The highest BCUT2D eigenvalue weighted by Gasteiger charge is 2.32. The molecule has 1 aliphatic rings. The predicted molar refractivity (Wildman–Crippen MR) is 127 cm³/mol. The maximum Gasteiger partial charge on any atom is 0.243 e. The van der Waals surface area contributed by atoms with Gasteiger partial charge >= 0.3 is 0 Å². The van der Waals surface area contributed by atoms with Gasteiger partial charge in [0.25, 0.3) is 0 Å². The Kier molecular flexibility index (Phi) is 8.00. The molecular weight excluding hydrogens is 462 g/mol. The summed E-state index contributed by atoms with van der Waals surface area (Å²) in [6.07, 6.45) is 0.777. The zero-order chi connectivity index (χ0) is 24.9. The highest BCUT2D eigenvalue weighted by Crippen LogP contribution is 2.40. The van der Waals surface area contributed by atoms with Crippen molar-refractivity contribution in [1.29, 1.82) is 0 Å². The third-order valence-electron chi connectivity index (χ3n) is 5.57. The van der Waals surface area contributed by atoms with Crippen LogP contribution in [0.2, 0.25) is 0 Å². The summed E-state index contributed by atoms with van der Waals surface area (Å²) in [5.41, 5.74) is 1.02. The van der Waals surface area contributed by atoms with Crippen LogP contribution < -0.4 is 24.8 Å². The minimum atomic E-state index is -3.70. The monoisotopic (exact) mass is 491 g/mol. The average Bonchev–Trinajstić information content (AvgIpc) is 2.83. The van der Waals surface area contributed by atoms with E-state index in [4.69, 9.17) is 14.2 Å². The largest absolute Gasteiger partial charge is 0.493 e. The zero-order valence-electron chi connectivity index (χ0n) is 19.6. The Morgan fingerprint density at radius 1 is 0.882 bits per heavy atom. The second kappa shape index (κ2) is 10.7. The van der Waals surface area contributed by atoms with Crippen LogP contribution in [-0.2, 0) is 19.6 Å². The fourth-order valence-corrected chi connectivity index (χ4v) is 5.29. The summed E-state index contributed by atoms with van der Waals surface area (Å²) in [5.74, 6) is 0.484. The normalized spacial score (nSPS) is 14.8. The van der Waals surface area contributed by atoms with E-state index >= 15 is 0 Å². The van der Waals surface area contributed by atoms with E-state index in [9.17, 15) is 18.0 Å². The summed E-state index contributed by atoms with van der Waals surface area (Å²) < 4.78 is 43.3. The van der Waals surface area contributed by atoms with Crippen molar-refractivity contribution in [1.82, 2.24) is 4.31 Å². The van der Waals surface area contributed by atoms with Gasteiger partial charge in [0.1, 0.15) is 0 Å².